The van der Waals surface area contributed by atoms with Crippen LogP contribution in [0.2, 0.25) is 5.02 Å². The number of hydrogen-bond donors (Lipinski definition) is 3. The number of hydrogen-bond acceptors (Lipinski definition) is 2. The van der Waals surface area contributed by atoms with Crippen molar-refractivity contribution in [1.29, 1.82) is 0 Å². The first-order valence-corrected chi connectivity index (χ1v) is 8.63. The van der Waals surface area contributed by atoms with Crippen LogP contribution >= 0.6 is 11.6 Å². The summed E-state index contributed by atoms with van der Waals surface area (Å²) >= 11 is 5.95. The second-order valence-corrected chi connectivity index (χ2v) is 6.36. The maximum Gasteiger partial charge on any atom is 0.319 e. The van der Waals surface area contributed by atoms with Gasteiger partial charge in [0.25, 0.3) is 6.43 Å². The minimum absolute atomic E-state index is 0.0589. The number of alkyl halides is 2. The summed E-state index contributed by atoms with van der Waals surface area (Å²) in [7, 11) is 0. The predicted octanol–water partition coefficient (Wildman–Crippen LogP) is 4.88. The van der Waals surface area contributed by atoms with Gasteiger partial charge in [-0.3, -0.25) is 4.79 Å². The fourth-order valence-electron chi connectivity index (χ4n) is 2.54. The van der Waals surface area contributed by atoms with Crippen LogP contribution in [0.15, 0.2) is 48.5 Å². The number of carboxylic acid groups (broad SMARTS) is 1. The zero-order chi connectivity index (χ0) is 19.8. The van der Waals surface area contributed by atoms with Crippen molar-refractivity contribution in [2.45, 2.75) is 31.7 Å². The summed E-state index contributed by atoms with van der Waals surface area (Å²) < 4.78 is 25.6. The highest BCUT2D eigenvalue weighted by atomic mass is 35.5. The number of anilines is 1. The molecular formula is C19H19ClF2N2O3. The normalized spacial score (nSPS) is 11.9. The average molecular weight is 397 g/mol. The molecule has 0 saturated carbocycles. The molecule has 0 aliphatic heterocycles. The molecule has 3 N–H and O–H groups in total. The average Bonchev–Trinajstić information content (AvgIpc) is 2.62. The molecule has 1 atom stereocenters. The molecule has 2 amide bonds. The molecule has 0 fully saturated rings. The van der Waals surface area contributed by atoms with Crippen molar-refractivity contribution in [3.63, 3.8) is 0 Å². The van der Waals surface area contributed by atoms with Gasteiger partial charge in [0.1, 0.15) is 0 Å². The molecule has 1 unspecified atom stereocenters. The van der Waals surface area contributed by atoms with Crippen molar-refractivity contribution in [2.24, 2.45) is 0 Å². The fourth-order valence-corrected chi connectivity index (χ4v) is 2.70. The topological polar surface area (TPSA) is 78.4 Å². The third-order valence-electron chi connectivity index (χ3n) is 3.86. The Labute approximate surface area is 160 Å². The summed E-state index contributed by atoms with van der Waals surface area (Å²) in [4.78, 5) is 23.1. The number of carbonyl (C=O) groups excluding carboxylic acids is 1. The SMILES string of the molecule is O=C(O)CCC(Cc1ccccc1)NC(=O)Nc1cc(C(F)F)ccc1Cl. The first-order chi connectivity index (χ1) is 12.8. The first-order valence-electron chi connectivity index (χ1n) is 8.26. The van der Waals surface area contributed by atoms with E-state index in [-0.39, 0.29) is 29.1 Å². The number of aliphatic carboxylic acids is 1. The lowest BCUT2D eigenvalue weighted by molar-refractivity contribution is -0.137. The van der Waals surface area contributed by atoms with E-state index in [1.54, 1.807) is 0 Å². The van der Waals surface area contributed by atoms with Crippen molar-refractivity contribution in [3.05, 3.63) is 64.7 Å². The highest BCUT2D eigenvalue weighted by molar-refractivity contribution is 6.33. The Morgan fingerprint density at radius 1 is 1.11 bits per heavy atom. The molecule has 144 valence electrons. The summed E-state index contributed by atoms with van der Waals surface area (Å²) in [6, 6.07) is 11.8. The van der Waals surface area contributed by atoms with Crippen LogP contribution in [0.5, 0.6) is 0 Å². The third kappa shape index (κ3) is 6.86. The van der Waals surface area contributed by atoms with E-state index in [1.165, 1.54) is 12.1 Å². The van der Waals surface area contributed by atoms with Gasteiger partial charge in [-0.2, -0.15) is 0 Å². The number of carbonyl (C=O) groups is 2. The van der Waals surface area contributed by atoms with Crippen LogP contribution in [0.25, 0.3) is 0 Å². The van der Waals surface area contributed by atoms with E-state index in [0.717, 1.165) is 11.6 Å². The van der Waals surface area contributed by atoms with Gasteiger partial charge >= 0.3 is 12.0 Å². The summed E-state index contributed by atoms with van der Waals surface area (Å²) in [6.45, 7) is 0. The van der Waals surface area contributed by atoms with E-state index in [4.69, 9.17) is 16.7 Å². The fraction of sp³-hybridized carbons (Fsp3) is 0.263. The van der Waals surface area contributed by atoms with E-state index in [1.807, 2.05) is 30.3 Å². The molecule has 8 heteroatoms. The van der Waals surface area contributed by atoms with Crippen molar-refractivity contribution < 1.29 is 23.5 Å². The Bertz CT molecular complexity index is 788. The van der Waals surface area contributed by atoms with Crippen molar-refractivity contribution in [2.75, 3.05) is 5.32 Å². The molecule has 0 aliphatic carbocycles. The largest absolute Gasteiger partial charge is 0.481 e. The predicted molar refractivity (Wildman–Crippen MR) is 99.4 cm³/mol. The maximum absolute atomic E-state index is 12.8. The number of amides is 2. The summed E-state index contributed by atoms with van der Waals surface area (Å²) in [5, 5.41) is 14.2. The Hall–Kier alpha value is -2.67. The van der Waals surface area contributed by atoms with Crippen LogP contribution < -0.4 is 10.6 Å². The lowest BCUT2D eigenvalue weighted by atomic mass is 10.0. The Morgan fingerprint density at radius 2 is 1.81 bits per heavy atom. The molecule has 0 heterocycles. The van der Waals surface area contributed by atoms with Gasteiger partial charge < -0.3 is 15.7 Å². The zero-order valence-corrected chi connectivity index (χ0v) is 15.0. The monoisotopic (exact) mass is 396 g/mol. The van der Waals surface area contributed by atoms with Crippen LogP contribution in [0.4, 0.5) is 19.3 Å². The van der Waals surface area contributed by atoms with Crippen LogP contribution in [0.3, 0.4) is 0 Å². The molecule has 0 aromatic heterocycles. The zero-order valence-electron chi connectivity index (χ0n) is 14.3. The Kier molecular flexibility index (Phi) is 7.55. The second kappa shape index (κ2) is 9.87. The van der Waals surface area contributed by atoms with Gasteiger partial charge in [0.15, 0.2) is 0 Å². The Balaban J connectivity index is 2.06. The van der Waals surface area contributed by atoms with Crippen molar-refractivity contribution in [3.8, 4) is 0 Å². The molecule has 0 spiro atoms. The molecule has 0 bridgehead atoms. The van der Waals surface area contributed by atoms with E-state index in [9.17, 15) is 18.4 Å². The minimum Gasteiger partial charge on any atom is -0.481 e. The highest BCUT2D eigenvalue weighted by Gasteiger charge is 2.17. The van der Waals surface area contributed by atoms with Gasteiger partial charge in [-0.1, -0.05) is 48.0 Å². The Morgan fingerprint density at radius 3 is 2.44 bits per heavy atom. The number of urea groups is 1. The molecule has 0 radical (unpaired) electrons. The standard InChI is InChI=1S/C19H19ClF2N2O3/c20-15-8-6-13(18(21)22)11-16(15)24-19(27)23-14(7-9-17(25)26)10-12-4-2-1-3-5-12/h1-6,8,11,14,18H,7,9-10H2,(H,25,26)(H2,23,24,27). The molecule has 5 nitrogen and oxygen atoms in total. The molecule has 27 heavy (non-hydrogen) atoms. The van der Waals surface area contributed by atoms with Gasteiger partial charge in [0, 0.05) is 18.0 Å². The number of benzene rings is 2. The number of nitrogens with one attached hydrogen (secondary N) is 2. The van der Waals surface area contributed by atoms with Gasteiger partial charge in [-0.15, -0.1) is 0 Å². The van der Waals surface area contributed by atoms with Gasteiger partial charge in [-0.25, -0.2) is 13.6 Å². The molecule has 0 aliphatic rings. The summed E-state index contributed by atoms with van der Waals surface area (Å²) in [5.41, 5.74) is 0.732. The van der Waals surface area contributed by atoms with E-state index in [0.29, 0.717) is 6.42 Å². The lowest BCUT2D eigenvalue weighted by Crippen LogP contribution is -2.39. The molecule has 2 rings (SSSR count). The second-order valence-electron chi connectivity index (χ2n) is 5.96. The van der Waals surface area contributed by atoms with Crippen LogP contribution in [0, 0.1) is 0 Å². The number of rotatable bonds is 8. The smallest absolute Gasteiger partial charge is 0.319 e. The van der Waals surface area contributed by atoms with Gasteiger partial charge in [0.05, 0.1) is 10.7 Å². The maximum atomic E-state index is 12.8. The van der Waals surface area contributed by atoms with Crippen LogP contribution in [0.1, 0.15) is 30.4 Å². The molecular weight excluding hydrogens is 378 g/mol. The van der Waals surface area contributed by atoms with Gasteiger partial charge in [0.2, 0.25) is 0 Å². The van der Waals surface area contributed by atoms with E-state index < -0.39 is 24.5 Å². The quantitative estimate of drug-likeness (QED) is 0.595. The lowest BCUT2D eigenvalue weighted by Gasteiger charge is -2.19. The van der Waals surface area contributed by atoms with Gasteiger partial charge in [-0.05, 0) is 30.5 Å². The summed E-state index contributed by atoms with van der Waals surface area (Å²) in [6.07, 6.45) is -2.14. The number of halogens is 3. The van der Waals surface area contributed by atoms with E-state index in [2.05, 4.69) is 10.6 Å². The van der Waals surface area contributed by atoms with Crippen LogP contribution in [-0.2, 0) is 11.2 Å². The molecule has 2 aromatic rings. The first kappa shape index (κ1) is 20.6. The number of carboxylic acids is 1. The highest BCUT2D eigenvalue weighted by Crippen LogP contribution is 2.28. The van der Waals surface area contributed by atoms with Crippen molar-refractivity contribution >= 4 is 29.3 Å². The molecule has 2 aromatic carbocycles. The van der Waals surface area contributed by atoms with E-state index >= 15 is 0 Å². The van der Waals surface area contributed by atoms with Crippen molar-refractivity contribution in [1.82, 2.24) is 5.32 Å². The third-order valence-corrected chi connectivity index (χ3v) is 4.19. The minimum atomic E-state index is -2.69. The molecule has 0 saturated heterocycles. The summed E-state index contributed by atoms with van der Waals surface area (Å²) in [5.74, 6) is -0.969. The van der Waals surface area contributed by atoms with Crippen LogP contribution in [-0.4, -0.2) is 23.1 Å².